The van der Waals surface area contributed by atoms with Crippen molar-refractivity contribution in [1.82, 2.24) is 14.6 Å². The molecule has 4 heterocycles. The Labute approximate surface area is 145 Å². The maximum atomic E-state index is 12.6. The average molecular weight is 371 g/mol. The van der Waals surface area contributed by atoms with Gasteiger partial charge in [-0.1, -0.05) is 0 Å². The van der Waals surface area contributed by atoms with Gasteiger partial charge in [0.05, 0.1) is 4.70 Å². The molecule has 0 saturated carbocycles. The fourth-order valence-corrected chi connectivity index (χ4v) is 4.45. The monoisotopic (exact) mass is 371 g/mol. The molecule has 3 aliphatic heterocycles. The maximum absolute atomic E-state index is 12.6. The number of nitrogens with one attached hydrogen (secondary N) is 1. The molecular formula is C16H16F3N3O2S. The molecule has 134 valence electrons. The molecule has 1 atom stereocenters. The predicted octanol–water partition coefficient (Wildman–Crippen LogP) is 3.02. The highest BCUT2D eigenvalue weighted by molar-refractivity contribution is 7.13. The fourth-order valence-electron chi connectivity index (χ4n) is 3.64. The molecular weight excluding hydrogens is 355 g/mol. The molecule has 1 aromatic heterocycles. The van der Waals surface area contributed by atoms with Crippen LogP contribution in [0.5, 0.6) is 5.75 Å². The third kappa shape index (κ3) is 3.43. The highest BCUT2D eigenvalue weighted by atomic mass is 32.1. The Balaban J connectivity index is 1.52. The largest absolute Gasteiger partial charge is 0.573 e. The molecule has 1 amide bonds. The SMILES string of the molecule is O=C(N[C@H]1CN2CCC1CC2)c1nsc2cc(OC(F)(F)F)ccc12. The molecule has 0 spiro atoms. The van der Waals surface area contributed by atoms with Crippen LogP contribution < -0.4 is 10.1 Å². The number of nitrogens with zero attached hydrogens (tertiary/aromatic N) is 2. The van der Waals surface area contributed by atoms with E-state index in [9.17, 15) is 18.0 Å². The molecule has 0 radical (unpaired) electrons. The maximum Gasteiger partial charge on any atom is 0.573 e. The number of benzene rings is 1. The zero-order chi connectivity index (χ0) is 17.6. The minimum Gasteiger partial charge on any atom is -0.406 e. The number of amides is 1. The lowest BCUT2D eigenvalue weighted by molar-refractivity contribution is -0.274. The van der Waals surface area contributed by atoms with Crippen LogP contribution in [0.3, 0.4) is 0 Å². The van der Waals surface area contributed by atoms with Crippen molar-refractivity contribution < 1.29 is 22.7 Å². The summed E-state index contributed by atoms with van der Waals surface area (Å²) < 4.78 is 45.5. The summed E-state index contributed by atoms with van der Waals surface area (Å²) in [5.74, 6) is -0.0897. The van der Waals surface area contributed by atoms with Crippen LogP contribution in [0.1, 0.15) is 23.3 Å². The first-order valence-corrected chi connectivity index (χ1v) is 8.85. The van der Waals surface area contributed by atoms with Crippen molar-refractivity contribution in [1.29, 1.82) is 0 Å². The van der Waals surface area contributed by atoms with E-state index in [1.165, 1.54) is 18.2 Å². The lowest BCUT2D eigenvalue weighted by atomic mass is 9.84. The Morgan fingerprint density at radius 1 is 1.32 bits per heavy atom. The second kappa shape index (κ2) is 6.14. The van der Waals surface area contributed by atoms with E-state index >= 15 is 0 Å². The van der Waals surface area contributed by atoms with Crippen molar-refractivity contribution in [3.05, 3.63) is 23.9 Å². The van der Waals surface area contributed by atoms with Gasteiger partial charge >= 0.3 is 6.36 Å². The van der Waals surface area contributed by atoms with Crippen LogP contribution in [0.2, 0.25) is 0 Å². The summed E-state index contributed by atoms with van der Waals surface area (Å²) in [6.45, 7) is 3.01. The normalized spacial score (nSPS) is 26.0. The van der Waals surface area contributed by atoms with E-state index < -0.39 is 6.36 Å². The molecule has 2 aromatic rings. The smallest absolute Gasteiger partial charge is 0.406 e. The van der Waals surface area contributed by atoms with Gasteiger partial charge in [-0.2, -0.15) is 4.37 Å². The minimum atomic E-state index is -4.74. The van der Waals surface area contributed by atoms with Gasteiger partial charge in [-0.25, -0.2) is 0 Å². The fraction of sp³-hybridized carbons (Fsp3) is 0.500. The minimum absolute atomic E-state index is 0.111. The Morgan fingerprint density at radius 3 is 2.72 bits per heavy atom. The summed E-state index contributed by atoms with van der Waals surface area (Å²) >= 11 is 0.991. The summed E-state index contributed by atoms with van der Waals surface area (Å²) in [5.41, 5.74) is 0.259. The summed E-state index contributed by atoms with van der Waals surface area (Å²) in [5, 5.41) is 3.59. The third-order valence-corrected chi connectivity index (χ3v) is 5.67. The van der Waals surface area contributed by atoms with E-state index in [0.717, 1.165) is 44.0 Å². The number of fused-ring (bicyclic) bond motifs is 4. The Hall–Kier alpha value is -1.87. The van der Waals surface area contributed by atoms with Crippen molar-refractivity contribution in [2.24, 2.45) is 5.92 Å². The van der Waals surface area contributed by atoms with E-state index in [4.69, 9.17) is 0 Å². The average Bonchev–Trinajstić information content (AvgIpc) is 2.97. The van der Waals surface area contributed by atoms with E-state index in [-0.39, 0.29) is 23.4 Å². The first kappa shape index (κ1) is 16.6. The van der Waals surface area contributed by atoms with Gasteiger partial charge in [0, 0.05) is 18.0 Å². The summed E-state index contributed by atoms with van der Waals surface area (Å²) in [6, 6.07) is 4.02. The molecule has 9 heteroatoms. The van der Waals surface area contributed by atoms with E-state index in [1.54, 1.807) is 0 Å². The summed E-state index contributed by atoms with van der Waals surface area (Å²) in [6.07, 6.45) is -2.57. The van der Waals surface area contributed by atoms with Crippen LogP contribution in [0, 0.1) is 5.92 Å². The molecule has 25 heavy (non-hydrogen) atoms. The second-order valence-electron chi connectivity index (χ2n) is 6.45. The number of piperidine rings is 3. The predicted molar refractivity (Wildman–Crippen MR) is 86.7 cm³/mol. The third-order valence-electron chi connectivity index (χ3n) is 4.86. The van der Waals surface area contributed by atoms with Crippen molar-refractivity contribution >= 4 is 27.5 Å². The first-order valence-electron chi connectivity index (χ1n) is 8.07. The molecule has 5 rings (SSSR count). The van der Waals surface area contributed by atoms with Crippen LogP contribution in [0.25, 0.3) is 10.1 Å². The molecule has 1 aromatic carbocycles. The highest BCUT2D eigenvalue weighted by Crippen LogP contribution is 2.31. The number of aromatic nitrogens is 1. The first-order chi connectivity index (χ1) is 11.9. The summed E-state index contributed by atoms with van der Waals surface area (Å²) in [7, 11) is 0. The molecule has 1 N–H and O–H groups in total. The van der Waals surface area contributed by atoms with Crippen molar-refractivity contribution in [2.45, 2.75) is 25.2 Å². The number of alkyl halides is 3. The molecule has 5 nitrogen and oxygen atoms in total. The van der Waals surface area contributed by atoms with Gasteiger partial charge < -0.3 is 15.0 Å². The zero-order valence-electron chi connectivity index (χ0n) is 13.2. The molecule has 0 aliphatic carbocycles. The van der Waals surface area contributed by atoms with Crippen LogP contribution in [-0.2, 0) is 0 Å². The topological polar surface area (TPSA) is 54.5 Å². The Kier molecular flexibility index (Phi) is 4.07. The number of ether oxygens (including phenoxy) is 1. The van der Waals surface area contributed by atoms with Gasteiger partial charge in [0.2, 0.25) is 0 Å². The molecule has 3 saturated heterocycles. The van der Waals surface area contributed by atoms with Gasteiger partial charge in [-0.15, -0.1) is 13.2 Å². The van der Waals surface area contributed by atoms with Gasteiger partial charge in [0.1, 0.15) is 11.4 Å². The molecule has 3 fully saturated rings. The van der Waals surface area contributed by atoms with Crippen molar-refractivity contribution in [3.63, 3.8) is 0 Å². The van der Waals surface area contributed by atoms with Gasteiger partial charge in [-0.05, 0) is 61.6 Å². The lowest BCUT2D eigenvalue weighted by Gasteiger charge is -2.44. The van der Waals surface area contributed by atoms with Gasteiger partial charge in [-0.3, -0.25) is 4.79 Å². The number of halogens is 3. The number of hydrogen-bond acceptors (Lipinski definition) is 5. The van der Waals surface area contributed by atoms with Crippen molar-refractivity contribution in [3.8, 4) is 5.75 Å². The molecule has 2 bridgehead atoms. The van der Waals surface area contributed by atoms with Crippen LogP contribution in [0.15, 0.2) is 18.2 Å². The van der Waals surface area contributed by atoms with E-state index in [2.05, 4.69) is 19.3 Å². The number of hydrogen-bond donors (Lipinski definition) is 1. The van der Waals surface area contributed by atoms with E-state index in [0.29, 0.717) is 16.0 Å². The molecule has 3 aliphatic rings. The van der Waals surface area contributed by atoms with Crippen molar-refractivity contribution in [2.75, 3.05) is 19.6 Å². The summed E-state index contributed by atoms with van der Waals surface area (Å²) in [4.78, 5) is 14.9. The van der Waals surface area contributed by atoms with Gasteiger partial charge in [0.25, 0.3) is 5.91 Å². The number of rotatable bonds is 3. The zero-order valence-corrected chi connectivity index (χ0v) is 14.0. The lowest BCUT2D eigenvalue weighted by Crippen LogP contribution is -2.57. The Bertz CT molecular complexity index is 800. The van der Waals surface area contributed by atoms with Crippen LogP contribution in [-0.4, -0.2) is 47.2 Å². The number of carbonyl (C=O) groups is 1. The second-order valence-corrected chi connectivity index (χ2v) is 7.26. The van der Waals surface area contributed by atoms with Crippen LogP contribution in [0.4, 0.5) is 13.2 Å². The standard InChI is InChI=1S/C16H16F3N3O2S/c17-16(18,19)24-10-1-2-11-13(7-10)25-21-14(11)15(23)20-12-8-22-5-3-9(12)4-6-22/h1-2,7,9,12H,3-6,8H2,(H,20,23)/t12-/m0/s1. The molecule has 0 unspecified atom stereocenters. The quantitative estimate of drug-likeness (QED) is 0.901. The highest BCUT2D eigenvalue weighted by Gasteiger charge is 2.35. The Morgan fingerprint density at radius 2 is 2.08 bits per heavy atom. The van der Waals surface area contributed by atoms with Crippen LogP contribution >= 0.6 is 11.5 Å². The van der Waals surface area contributed by atoms with E-state index in [1.807, 2.05) is 0 Å². The number of carbonyl (C=O) groups excluding carboxylic acids is 1. The van der Waals surface area contributed by atoms with Gasteiger partial charge in [0.15, 0.2) is 0 Å².